The molecule has 0 aliphatic carbocycles. The molecule has 0 fully saturated rings. The Morgan fingerprint density at radius 2 is 1.91 bits per heavy atom. The number of nitro benzene ring substituents is 1. The molecule has 0 bridgehead atoms. The van der Waals surface area contributed by atoms with Crippen molar-refractivity contribution < 1.29 is 9.72 Å². The average molecular weight is 319 g/mol. The van der Waals surface area contributed by atoms with Crippen LogP contribution in [-0.4, -0.2) is 10.8 Å². The zero-order chi connectivity index (χ0) is 16.3. The summed E-state index contributed by atoms with van der Waals surface area (Å²) < 4.78 is 0. The smallest absolute Gasteiger partial charge is 0.271 e. The number of carbonyl (C=O) groups excluding carboxylic acids is 1. The Balaban J connectivity index is 2.13. The quantitative estimate of drug-likeness (QED) is 0.683. The van der Waals surface area contributed by atoms with E-state index in [0.29, 0.717) is 0 Å². The van der Waals surface area contributed by atoms with E-state index in [9.17, 15) is 14.9 Å². The van der Waals surface area contributed by atoms with Crippen molar-refractivity contribution in [2.24, 2.45) is 0 Å². The molecule has 0 saturated heterocycles. The monoisotopic (exact) mass is 318 g/mol. The van der Waals surface area contributed by atoms with E-state index >= 15 is 0 Å². The fraction of sp³-hybridized carbons (Fsp3) is 0.188. The van der Waals surface area contributed by atoms with Crippen molar-refractivity contribution in [3.8, 4) is 0 Å². The second kappa shape index (κ2) is 6.58. The van der Waals surface area contributed by atoms with Crippen LogP contribution in [0.5, 0.6) is 0 Å². The van der Waals surface area contributed by atoms with Crippen LogP contribution in [0.2, 0.25) is 5.02 Å². The van der Waals surface area contributed by atoms with Crippen molar-refractivity contribution in [1.29, 1.82) is 0 Å². The van der Waals surface area contributed by atoms with Gasteiger partial charge in [0.1, 0.15) is 0 Å². The first-order valence-corrected chi connectivity index (χ1v) is 7.04. The summed E-state index contributed by atoms with van der Waals surface area (Å²) in [6, 6.07) is 9.73. The molecule has 1 amide bonds. The Bertz CT molecular complexity index is 744. The molecule has 2 rings (SSSR count). The number of nitrogens with zero attached hydrogens (tertiary/aromatic N) is 1. The Kier molecular flexibility index (Phi) is 4.78. The van der Waals surface area contributed by atoms with E-state index in [4.69, 9.17) is 11.6 Å². The molecule has 2 aromatic carbocycles. The van der Waals surface area contributed by atoms with Gasteiger partial charge >= 0.3 is 0 Å². The van der Waals surface area contributed by atoms with Gasteiger partial charge in [0.15, 0.2) is 0 Å². The second-order valence-corrected chi connectivity index (χ2v) is 5.47. The number of amides is 1. The highest BCUT2D eigenvalue weighted by Crippen LogP contribution is 2.26. The molecular formula is C16H15ClN2O3. The van der Waals surface area contributed by atoms with Crippen LogP contribution in [-0.2, 0) is 11.2 Å². The molecule has 2 aromatic rings. The van der Waals surface area contributed by atoms with Gasteiger partial charge in [-0.1, -0.05) is 29.8 Å². The SMILES string of the molecule is Cc1ccc(CC(=O)Nc2cc([N+](=O)[O-])ccc2Cl)cc1C. The number of halogens is 1. The van der Waals surface area contributed by atoms with E-state index in [1.54, 1.807) is 0 Å². The maximum atomic E-state index is 12.1. The third kappa shape index (κ3) is 3.83. The van der Waals surface area contributed by atoms with Crippen LogP contribution in [0.1, 0.15) is 16.7 Å². The standard InChI is InChI=1S/C16H15ClN2O3/c1-10-3-4-12(7-11(10)2)8-16(20)18-15-9-13(19(21)22)5-6-14(15)17/h3-7,9H,8H2,1-2H3,(H,18,20). The lowest BCUT2D eigenvalue weighted by Gasteiger charge is -2.08. The van der Waals surface area contributed by atoms with E-state index in [0.717, 1.165) is 16.7 Å². The normalized spacial score (nSPS) is 10.3. The van der Waals surface area contributed by atoms with E-state index < -0.39 is 4.92 Å². The van der Waals surface area contributed by atoms with Gasteiger partial charge in [-0.15, -0.1) is 0 Å². The Hall–Kier alpha value is -2.40. The lowest BCUT2D eigenvalue weighted by Crippen LogP contribution is -2.15. The lowest BCUT2D eigenvalue weighted by atomic mass is 10.0. The Morgan fingerprint density at radius 3 is 2.55 bits per heavy atom. The summed E-state index contributed by atoms with van der Waals surface area (Å²) in [7, 11) is 0. The number of carbonyl (C=O) groups is 1. The molecule has 0 unspecified atom stereocenters. The van der Waals surface area contributed by atoms with Crippen LogP contribution < -0.4 is 5.32 Å². The molecule has 0 aromatic heterocycles. The minimum atomic E-state index is -0.532. The van der Waals surface area contributed by atoms with E-state index in [1.807, 2.05) is 32.0 Å². The van der Waals surface area contributed by atoms with Crippen LogP contribution >= 0.6 is 11.6 Å². The van der Waals surface area contributed by atoms with Crippen molar-refractivity contribution in [2.45, 2.75) is 20.3 Å². The molecule has 0 atom stereocenters. The summed E-state index contributed by atoms with van der Waals surface area (Å²) in [5.41, 5.74) is 3.27. The van der Waals surface area contributed by atoms with Gasteiger partial charge in [-0.3, -0.25) is 14.9 Å². The zero-order valence-electron chi connectivity index (χ0n) is 12.2. The highest BCUT2D eigenvalue weighted by molar-refractivity contribution is 6.33. The first-order valence-electron chi connectivity index (χ1n) is 6.67. The number of aryl methyl sites for hydroxylation is 2. The lowest BCUT2D eigenvalue weighted by molar-refractivity contribution is -0.384. The molecule has 1 N–H and O–H groups in total. The first-order chi connectivity index (χ1) is 10.4. The summed E-state index contributed by atoms with van der Waals surface area (Å²) in [6.07, 6.45) is 0.181. The minimum absolute atomic E-state index is 0.120. The van der Waals surface area contributed by atoms with E-state index in [-0.39, 0.29) is 28.7 Å². The predicted octanol–water partition coefficient (Wildman–Crippen LogP) is 4.05. The maximum absolute atomic E-state index is 12.1. The molecule has 5 nitrogen and oxygen atoms in total. The molecule has 0 spiro atoms. The summed E-state index contributed by atoms with van der Waals surface area (Å²) in [4.78, 5) is 22.3. The van der Waals surface area contributed by atoms with Gasteiger partial charge in [0.25, 0.3) is 5.69 Å². The largest absolute Gasteiger partial charge is 0.324 e. The fourth-order valence-electron chi connectivity index (χ4n) is 2.02. The van der Waals surface area contributed by atoms with Gasteiger partial charge in [0.2, 0.25) is 5.91 Å². The van der Waals surface area contributed by atoms with Crippen molar-refractivity contribution in [2.75, 3.05) is 5.32 Å². The highest BCUT2D eigenvalue weighted by Gasteiger charge is 2.12. The van der Waals surface area contributed by atoms with Gasteiger partial charge in [0.05, 0.1) is 22.1 Å². The summed E-state index contributed by atoms with van der Waals surface area (Å²) in [5, 5.41) is 13.6. The number of hydrogen-bond acceptors (Lipinski definition) is 3. The van der Waals surface area contributed by atoms with Crippen LogP contribution in [0, 0.1) is 24.0 Å². The Labute approximate surface area is 133 Å². The van der Waals surface area contributed by atoms with Gasteiger partial charge in [-0.2, -0.15) is 0 Å². The first kappa shape index (κ1) is 16.0. The number of non-ortho nitro benzene ring substituents is 1. The molecule has 0 aliphatic heterocycles. The molecule has 0 heterocycles. The third-order valence-corrected chi connectivity index (χ3v) is 3.70. The third-order valence-electron chi connectivity index (χ3n) is 3.37. The Morgan fingerprint density at radius 1 is 1.18 bits per heavy atom. The van der Waals surface area contributed by atoms with Crippen LogP contribution in [0.15, 0.2) is 36.4 Å². The molecular weight excluding hydrogens is 304 g/mol. The molecule has 6 heteroatoms. The van der Waals surface area contributed by atoms with Crippen molar-refractivity contribution >= 4 is 28.9 Å². The average Bonchev–Trinajstić information content (AvgIpc) is 2.45. The number of nitrogens with one attached hydrogen (secondary N) is 1. The van der Waals surface area contributed by atoms with Crippen LogP contribution in [0.4, 0.5) is 11.4 Å². The van der Waals surface area contributed by atoms with Crippen molar-refractivity contribution in [1.82, 2.24) is 0 Å². The molecule has 0 aliphatic rings. The zero-order valence-corrected chi connectivity index (χ0v) is 13.0. The van der Waals surface area contributed by atoms with Crippen molar-refractivity contribution in [3.05, 3.63) is 68.2 Å². The number of hydrogen-bond donors (Lipinski definition) is 1. The number of benzene rings is 2. The molecule has 114 valence electrons. The topological polar surface area (TPSA) is 72.2 Å². The number of anilines is 1. The van der Waals surface area contributed by atoms with Crippen LogP contribution in [0.3, 0.4) is 0 Å². The predicted molar refractivity (Wildman–Crippen MR) is 86.4 cm³/mol. The van der Waals surface area contributed by atoms with Gasteiger partial charge < -0.3 is 5.32 Å². The number of rotatable bonds is 4. The number of nitro groups is 1. The van der Waals surface area contributed by atoms with Gasteiger partial charge in [-0.25, -0.2) is 0 Å². The second-order valence-electron chi connectivity index (χ2n) is 5.06. The van der Waals surface area contributed by atoms with Crippen LogP contribution in [0.25, 0.3) is 0 Å². The van der Waals surface area contributed by atoms with E-state index in [1.165, 1.54) is 18.2 Å². The molecule has 0 saturated carbocycles. The maximum Gasteiger partial charge on any atom is 0.271 e. The summed E-state index contributed by atoms with van der Waals surface area (Å²) in [6.45, 7) is 3.98. The van der Waals surface area contributed by atoms with Gasteiger partial charge in [0, 0.05) is 12.1 Å². The molecule has 22 heavy (non-hydrogen) atoms. The summed E-state index contributed by atoms with van der Waals surface area (Å²) in [5.74, 6) is -0.273. The molecule has 0 radical (unpaired) electrons. The van der Waals surface area contributed by atoms with E-state index in [2.05, 4.69) is 5.32 Å². The van der Waals surface area contributed by atoms with Gasteiger partial charge in [-0.05, 0) is 36.6 Å². The fourth-order valence-corrected chi connectivity index (χ4v) is 2.18. The van der Waals surface area contributed by atoms with Crippen molar-refractivity contribution in [3.63, 3.8) is 0 Å². The highest BCUT2D eigenvalue weighted by atomic mass is 35.5. The summed E-state index contributed by atoms with van der Waals surface area (Å²) >= 11 is 5.96. The minimum Gasteiger partial charge on any atom is -0.324 e.